The molecule has 2 aliphatic rings. The number of aryl methyl sites for hydroxylation is 1. The Morgan fingerprint density at radius 2 is 1.94 bits per heavy atom. The van der Waals surface area contributed by atoms with E-state index in [0.717, 1.165) is 31.2 Å². The Labute approximate surface area is 109 Å². The summed E-state index contributed by atoms with van der Waals surface area (Å²) in [5.41, 5.74) is 1.79. The summed E-state index contributed by atoms with van der Waals surface area (Å²) < 4.78 is 21.8. The van der Waals surface area contributed by atoms with Crippen molar-refractivity contribution in [1.82, 2.24) is 0 Å². The highest BCUT2D eigenvalue weighted by atomic mass is 32.2. The summed E-state index contributed by atoms with van der Waals surface area (Å²) in [6.45, 7) is 1.95. The van der Waals surface area contributed by atoms with Crippen LogP contribution in [0.15, 0.2) is 23.1 Å². The van der Waals surface area contributed by atoms with Crippen LogP contribution in [0, 0.1) is 12.8 Å². The molecule has 2 saturated carbocycles. The van der Waals surface area contributed by atoms with Gasteiger partial charge < -0.3 is 5.11 Å². The van der Waals surface area contributed by atoms with E-state index in [1.54, 1.807) is 12.1 Å². The van der Waals surface area contributed by atoms with Crippen molar-refractivity contribution in [3.05, 3.63) is 29.3 Å². The zero-order valence-corrected chi connectivity index (χ0v) is 11.3. The molecule has 0 aliphatic heterocycles. The molecule has 0 atom stereocenters. The van der Waals surface area contributed by atoms with Gasteiger partial charge >= 0.3 is 0 Å². The van der Waals surface area contributed by atoms with E-state index in [1.807, 2.05) is 13.0 Å². The molecule has 0 bridgehead atoms. The van der Waals surface area contributed by atoms with E-state index < -0.39 is 16.3 Å². The second-order valence-corrected chi connectivity index (χ2v) is 6.81. The molecule has 18 heavy (non-hydrogen) atoms. The van der Waals surface area contributed by atoms with Gasteiger partial charge in [-0.15, -0.1) is 0 Å². The van der Waals surface area contributed by atoms with Gasteiger partial charge in [-0.1, -0.05) is 6.07 Å². The van der Waals surface area contributed by atoms with Gasteiger partial charge in [-0.3, -0.25) is 0 Å². The SMILES string of the molecule is Cc1cc([SH](=O)=O)ccc1C1CC(O)(C2CC2)C1. The van der Waals surface area contributed by atoms with Gasteiger partial charge in [-0.25, -0.2) is 8.42 Å². The number of benzene rings is 1. The van der Waals surface area contributed by atoms with Crippen molar-refractivity contribution in [2.24, 2.45) is 5.92 Å². The minimum absolute atomic E-state index is 0.378. The molecule has 0 aromatic heterocycles. The van der Waals surface area contributed by atoms with Gasteiger partial charge in [0.1, 0.15) is 0 Å². The van der Waals surface area contributed by atoms with Crippen LogP contribution in [-0.4, -0.2) is 19.1 Å². The van der Waals surface area contributed by atoms with E-state index in [0.29, 0.717) is 16.7 Å². The summed E-state index contributed by atoms with van der Waals surface area (Å²) >= 11 is 0. The predicted octanol–water partition coefficient (Wildman–Crippen LogP) is 1.98. The van der Waals surface area contributed by atoms with Gasteiger partial charge in [-0.05, 0) is 67.7 Å². The third-order valence-electron chi connectivity index (χ3n) is 4.44. The Morgan fingerprint density at radius 3 is 2.44 bits per heavy atom. The van der Waals surface area contributed by atoms with Crippen LogP contribution in [0.5, 0.6) is 0 Å². The first-order valence-corrected chi connectivity index (χ1v) is 7.65. The summed E-state index contributed by atoms with van der Waals surface area (Å²) in [6, 6.07) is 5.31. The van der Waals surface area contributed by atoms with E-state index in [1.165, 1.54) is 5.56 Å². The Bertz CT molecular complexity index is 544. The molecule has 98 valence electrons. The van der Waals surface area contributed by atoms with Crippen LogP contribution in [0.4, 0.5) is 0 Å². The van der Waals surface area contributed by atoms with Crippen LogP contribution in [0.3, 0.4) is 0 Å². The summed E-state index contributed by atoms with van der Waals surface area (Å²) in [5, 5.41) is 10.3. The maximum Gasteiger partial charge on any atom is 0.168 e. The lowest BCUT2D eigenvalue weighted by atomic mass is 9.65. The van der Waals surface area contributed by atoms with Crippen molar-refractivity contribution >= 4 is 10.7 Å². The molecule has 0 amide bonds. The highest BCUT2D eigenvalue weighted by Gasteiger charge is 2.52. The standard InChI is InChI=1S/C14H18O3S/c1-9-6-12(18(16)17)4-5-13(9)10-7-14(15,8-10)11-2-3-11/h4-6,10-11,15,18H,2-3,7-8H2,1H3. The molecule has 3 nitrogen and oxygen atoms in total. The Hall–Kier alpha value is -0.870. The van der Waals surface area contributed by atoms with E-state index in [9.17, 15) is 13.5 Å². The molecular formula is C14H18O3S. The molecule has 0 spiro atoms. The maximum absolute atomic E-state index is 10.9. The van der Waals surface area contributed by atoms with Gasteiger partial charge in [0.25, 0.3) is 0 Å². The number of rotatable bonds is 3. The fourth-order valence-corrected chi connectivity index (χ4v) is 3.69. The fraction of sp³-hybridized carbons (Fsp3) is 0.571. The number of thiol groups is 1. The van der Waals surface area contributed by atoms with Crippen molar-refractivity contribution in [1.29, 1.82) is 0 Å². The van der Waals surface area contributed by atoms with E-state index in [-0.39, 0.29) is 0 Å². The molecule has 0 saturated heterocycles. The van der Waals surface area contributed by atoms with Crippen LogP contribution >= 0.6 is 0 Å². The third kappa shape index (κ3) is 1.97. The Balaban J connectivity index is 1.78. The van der Waals surface area contributed by atoms with E-state index in [4.69, 9.17) is 0 Å². The van der Waals surface area contributed by atoms with Gasteiger partial charge in [0.05, 0.1) is 10.5 Å². The van der Waals surface area contributed by atoms with Gasteiger partial charge in [0.2, 0.25) is 0 Å². The molecule has 1 aromatic rings. The smallest absolute Gasteiger partial charge is 0.168 e. The summed E-state index contributed by atoms with van der Waals surface area (Å²) in [4.78, 5) is 0.378. The lowest BCUT2D eigenvalue weighted by molar-refractivity contribution is -0.0680. The lowest BCUT2D eigenvalue weighted by Gasteiger charge is -2.45. The fourth-order valence-electron chi connectivity index (χ4n) is 3.20. The van der Waals surface area contributed by atoms with Gasteiger partial charge in [0.15, 0.2) is 10.7 Å². The predicted molar refractivity (Wildman–Crippen MR) is 69.4 cm³/mol. The zero-order valence-electron chi connectivity index (χ0n) is 10.4. The normalized spacial score (nSPS) is 31.4. The minimum atomic E-state index is -2.50. The van der Waals surface area contributed by atoms with Crippen LogP contribution in [0.1, 0.15) is 42.7 Å². The molecule has 0 radical (unpaired) electrons. The maximum atomic E-state index is 10.9. The topological polar surface area (TPSA) is 54.4 Å². The molecule has 2 aliphatic carbocycles. The molecular weight excluding hydrogens is 248 g/mol. The second kappa shape index (κ2) is 4.07. The first-order chi connectivity index (χ1) is 8.49. The molecule has 2 fully saturated rings. The van der Waals surface area contributed by atoms with Crippen molar-refractivity contribution in [2.75, 3.05) is 0 Å². The number of hydrogen-bond donors (Lipinski definition) is 2. The Kier molecular flexibility index (Phi) is 2.75. The molecule has 0 unspecified atom stereocenters. The first-order valence-electron chi connectivity index (χ1n) is 6.47. The monoisotopic (exact) mass is 266 g/mol. The minimum Gasteiger partial charge on any atom is -0.390 e. The molecule has 0 heterocycles. The van der Waals surface area contributed by atoms with Crippen molar-refractivity contribution in [3.8, 4) is 0 Å². The average Bonchev–Trinajstić information content (AvgIpc) is 3.09. The average molecular weight is 266 g/mol. The molecule has 3 rings (SSSR count). The first kappa shape index (κ1) is 12.2. The van der Waals surface area contributed by atoms with Gasteiger partial charge in [0, 0.05) is 0 Å². The van der Waals surface area contributed by atoms with Crippen LogP contribution in [0.2, 0.25) is 0 Å². The highest BCUT2D eigenvalue weighted by molar-refractivity contribution is 7.72. The quantitative estimate of drug-likeness (QED) is 0.823. The third-order valence-corrected chi connectivity index (χ3v) is 5.14. The van der Waals surface area contributed by atoms with Crippen molar-refractivity contribution < 1.29 is 13.5 Å². The van der Waals surface area contributed by atoms with Crippen molar-refractivity contribution in [2.45, 2.75) is 49.0 Å². The van der Waals surface area contributed by atoms with Crippen LogP contribution in [0.25, 0.3) is 0 Å². The summed E-state index contributed by atoms with van der Waals surface area (Å²) in [5.74, 6) is 0.915. The second-order valence-electron chi connectivity index (χ2n) is 5.78. The lowest BCUT2D eigenvalue weighted by Crippen LogP contribution is -2.44. The van der Waals surface area contributed by atoms with Gasteiger partial charge in [-0.2, -0.15) is 0 Å². The van der Waals surface area contributed by atoms with Crippen LogP contribution in [-0.2, 0) is 10.7 Å². The zero-order chi connectivity index (χ0) is 12.9. The highest BCUT2D eigenvalue weighted by Crippen LogP contribution is 2.56. The largest absolute Gasteiger partial charge is 0.390 e. The molecule has 1 aromatic carbocycles. The van der Waals surface area contributed by atoms with Crippen LogP contribution < -0.4 is 0 Å². The van der Waals surface area contributed by atoms with E-state index >= 15 is 0 Å². The summed E-state index contributed by atoms with van der Waals surface area (Å²) in [7, 11) is -2.50. The molecule has 1 N–H and O–H groups in total. The number of hydrogen-bond acceptors (Lipinski definition) is 3. The Morgan fingerprint density at radius 1 is 1.28 bits per heavy atom. The van der Waals surface area contributed by atoms with E-state index in [2.05, 4.69) is 0 Å². The number of aliphatic hydroxyl groups is 1. The molecule has 4 heteroatoms. The van der Waals surface area contributed by atoms with Crippen molar-refractivity contribution in [3.63, 3.8) is 0 Å². The summed E-state index contributed by atoms with van der Waals surface area (Å²) in [6.07, 6.45) is 4.00.